The molecule has 1 aliphatic heterocycles. The third-order valence-corrected chi connectivity index (χ3v) is 3.37. The Morgan fingerprint density at radius 3 is 2.45 bits per heavy atom. The van der Waals surface area contributed by atoms with Gasteiger partial charge in [0.25, 0.3) is 0 Å². The summed E-state index contributed by atoms with van der Waals surface area (Å²) in [6.45, 7) is 1.35. The van der Waals surface area contributed by atoms with Crippen LogP contribution in [-0.4, -0.2) is 23.6 Å². The lowest BCUT2D eigenvalue weighted by molar-refractivity contribution is 0.375. The van der Waals surface area contributed by atoms with Gasteiger partial charge in [0.15, 0.2) is 0 Å². The molecule has 22 heavy (non-hydrogen) atoms. The van der Waals surface area contributed by atoms with Gasteiger partial charge in [0, 0.05) is 19.0 Å². The number of nitrogens with two attached hydrogens (primary N) is 1. The summed E-state index contributed by atoms with van der Waals surface area (Å²) in [6, 6.07) is 20.2. The lowest BCUT2D eigenvalue weighted by Gasteiger charge is -2.23. The third kappa shape index (κ3) is 3.61. The van der Waals surface area contributed by atoms with Gasteiger partial charge in [0.2, 0.25) is 0 Å². The molecule has 3 rings (SSSR count). The SMILES string of the molecule is NC1=NCN(Cc2ccccc2)C=C1N=Cc1ccccc1. The molecule has 0 saturated heterocycles. The number of benzene rings is 2. The summed E-state index contributed by atoms with van der Waals surface area (Å²) in [7, 11) is 0. The van der Waals surface area contributed by atoms with Crippen molar-refractivity contribution in [1.29, 1.82) is 0 Å². The van der Waals surface area contributed by atoms with Crippen LogP contribution >= 0.6 is 0 Å². The molecule has 110 valence electrons. The number of hydrogen-bond donors (Lipinski definition) is 1. The largest absolute Gasteiger partial charge is 0.382 e. The standard InChI is InChI=1S/C18H18N4/c19-18-17(20-11-15-7-3-1-4-8-15)13-22(14-21-18)12-16-9-5-2-6-10-16/h1-11,13H,12,14H2,(H2,19,21). The molecule has 0 spiro atoms. The molecule has 0 radical (unpaired) electrons. The minimum absolute atomic E-state index is 0.483. The van der Waals surface area contributed by atoms with Crippen LogP contribution < -0.4 is 5.73 Å². The van der Waals surface area contributed by atoms with E-state index in [2.05, 4.69) is 27.0 Å². The Morgan fingerprint density at radius 1 is 1.05 bits per heavy atom. The van der Waals surface area contributed by atoms with E-state index in [9.17, 15) is 0 Å². The van der Waals surface area contributed by atoms with E-state index in [-0.39, 0.29) is 0 Å². The van der Waals surface area contributed by atoms with Crippen LogP contribution in [0, 0.1) is 0 Å². The highest BCUT2D eigenvalue weighted by Gasteiger charge is 2.11. The van der Waals surface area contributed by atoms with Gasteiger partial charge in [-0.2, -0.15) is 0 Å². The maximum absolute atomic E-state index is 5.94. The molecule has 0 amide bonds. The van der Waals surface area contributed by atoms with Crippen LogP contribution in [0.25, 0.3) is 0 Å². The van der Waals surface area contributed by atoms with Crippen LogP contribution in [0.1, 0.15) is 11.1 Å². The minimum atomic E-state index is 0.483. The maximum atomic E-state index is 5.94. The van der Waals surface area contributed by atoms with Gasteiger partial charge in [-0.15, -0.1) is 0 Å². The van der Waals surface area contributed by atoms with Crippen molar-refractivity contribution in [3.05, 3.63) is 83.7 Å². The molecule has 4 nitrogen and oxygen atoms in total. The van der Waals surface area contributed by atoms with Crippen LogP contribution in [0.3, 0.4) is 0 Å². The second kappa shape index (κ2) is 6.72. The molecule has 0 aromatic heterocycles. The lowest BCUT2D eigenvalue weighted by Crippen LogP contribution is -2.28. The average Bonchev–Trinajstić information content (AvgIpc) is 2.57. The van der Waals surface area contributed by atoms with E-state index in [1.807, 2.05) is 54.7 Å². The Labute approximate surface area is 130 Å². The van der Waals surface area contributed by atoms with Gasteiger partial charge in [0.1, 0.15) is 18.2 Å². The summed E-state index contributed by atoms with van der Waals surface area (Å²) >= 11 is 0. The number of rotatable bonds is 4. The maximum Gasteiger partial charge on any atom is 0.147 e. The molecule has 0 fully saturated rings. The van der Waals surface area contributed by atoms with Crippen LogP contribution in [-0.2, 0) is 6.54 Å². The van der Waals surface area contributed by atoms with E-state index in [0.29, 0.717) is 18.2 Å². The van der Waals surface area contributed by atoms with E-state index in [1.165, 1.54) is 5.56 Å². The molecule has 2 aromatic rings. The first-order valence-corrected chi connectivity index (χ1v) is 7.20. The van der Waals surface area contributed by atoms with Crippen LogP contribution in [0.15, 0.2) is 82.5 Å². The van der Waals surface area contributed by atoms with Crippen molar-refractivity contribution in [1.82, 2.24) is 4.90 Å². The second-order valence-corrected chi connectivity index (χ2v) is 5.10. The Morgan fingerprint density at radius 2 is 1.73 bits per heavy atom. The first-order valence-electron chi connectivity index (χ1n) is 7.20. The summed E-state index contributed by atoms with van der Waals surface area (Å²) in [4.78, 5) is 10.9. The zero-order chi connectivity index (χ0) is 15.2. The predicted molar refractivity (Wildman–Crippen MR) is 90.6 cm³/mol. The zero-order valence-electron chi connectivity index (χ0n) is 12.3. The topological polar surface area (TPSA) is 54.0 Å². The predicted octanol–water partition coefficient (Wildman–Crippen LogP) is 2.78. The summed E-state index contributed by atoms with van der Waals surface area (Å²) in [6.07, 6.45) is 3.77. The average molecular weight is 290 g/mol. The molecule has 1 aliphatic rings. The second-order valence-electron chi connectivity index (χ2n) is 5.10. The van der Waals surface area contributed by atoms with Gasteiger partial charge < -0.3 is 10.6 Å². The van der Waals surface area contributed by atoms with Crippen molar-refractivity contribution in [2.24, 2.45) is 15.7 Å². The highest BCUT2D eigenvalue weighted by Crippen LogP contribution is 2.12. The molecule has 0 bridgehead atoms. The van der Waals surface area contributed by atoms with Gasteiger partial charge >= 0.3 is 0 Å². The highest BCUT2D eigenvalue weighted by atomic mass is 15.2. The molecule has 0 atom stereocenters. The van der Waals surface area contributed by atoms with Gasteiger partial charge in [0.05, 0.1) is 0 Å². The first-order chi connectivity index (χ1) is 10.8. The van der Waals surface area contributed by atoms with Crippen molar-refractivity contribution in [3.8, 4) is 0 Å². The fourth-order valence-electron chi connectivity index (χ4n) is 2.22. The first kappa shape index (κ1) is 14.1. The summed E-state index contributed by atoms with van der Waals surface area (Å²) in [5, 5.41) is 0. The molecular formula is C18H18N4. The van der Waals surface area contributed by atoms with Crippen molar-refractivity contribution < 1.29 is 0 Å². The van der Waals surface area contributed by atoms with Gasteiger partial charge in [-0.1, -0.05) is 60.7 Å². The van der Waals surface area contributed by atoms with E-state index in [4.69, 9.17) is 5.73 Å². The van der Waals surface area contributed by atoms with Gasteiger partial charge in [-0.05, 0) is 11.1 Å². The molecule has 2 N–H and O–H groups in total. The normalized spacial score (nSPS) is 14.8. The molecule has 0 unspecified atom stereocenters. The summed E-state index contributed by atoms with van der Waals surface area (Å²) in [5.41, 5.74) is 8.92. The number of nitrogens with zero attached hydrogens (tertiary/aromatic N) is 3. The highest BCUT2D eigenvalue weighted by molar-refractivity contribution is 5.99. The quantitative estimate of drug-likeness (QED) is 0.880. The Kier molecular flexibility index (Phi) is 4.30. The fraction of sp³-hybridized carbons (Fsp3) is 0.111. The third-order valence-electron chi connectivity index (χ3n) is 3.37. The molecule has 2 aromatic carbocycles. The number of amidine groups is 1. The van der Waals surface area contributed by atoms with Gasteiger partial charge in [-0.3, -0.25) is 4.99 Å². The summed E-state index contributed by atoms with van der Waals surface area (Å²) < 4.78 is 0. The van der Waals surface area contributed by atoms with E-state index < -0.39 is 0 Å². The smallest absolute Gasteiger partial charge is 0.147 e. The van der Waals surface area contributed by atoms with Crippen molar-refractivity contribution in [2.45, 2.75) is 6.54 Å². The van der Waals surface area contributed by atoms with Crippen molar-refractivity contribution in [3.63, 3.8) is 0 Å². The van der Waals surface area contributed by atoms with Gasteiger partial charge in [-0.25, -0.2) is 4.99 Å². The van der Waals surface area contributed by atoms with Crippen LogP contribution in [0.5, 0.6) is 0 Å². The van der Waals surface area contributed by atoms with E-state index >= 15 is 0 Å². The van der Waals surface area contributed by atoms with Crippen molar-refractivity contribution in [2.75, 3.05) is 6.67 Å². The lowest BCUT2D eigenvalue weighted by atomic mass is 10.2. The molecule has 0 aliphatic carbocycles. The Bertz CT molecular complexity index is 702. The molecule has 4 heteroatoms. The minimum Gasteiger partial charge on any atom is -0.382 e. The zero-order valence-corrected chi connectivity index (χ0v) is 12.3. The van der Waals surface area contributed by atoms with Crippen LogP contribution in [0.2, 0.25) is 0 Å². The Balaban J connectivity index is 1.74. The Hall–Kier alpha value is -2.88. The number of hydrogen-bond acceptors (Lipinski definition) is 4. The monoisotopic (exact) mass is 290 g/mol. The van der Waals surface area contributed by atoms with Crippen LogP contribution in [0.4, 0.5) is 0 Å². The van der Waals surface area contributed by atoms with Crippen molar-refractivity contribution >= 4 is 12.1 Å². The summed E-state index contributed by atoms with van der Waals surface area (Å²) in [5.74, 6) is 0.483. The fourth-order valence-corrected chi connectivity index (χ4v) is 2.22. The van der Waals surface area contributed by atoms with E-state index in [0.717, 1.165) is 12.1 Å². The molecule has 0 saturated carbocycles. The molecular weight excluding hydrogens is 272 g/mol. The molecule has 1 heterocycles. The number of aliphatic imine (C=N–C) groups is 2. The van der Waals surface area contributed by atoms with E-state index in [1.54, 1.807) is 6.21 Å².